The second kappa shape index (κ2) is 4.73. The molecular weight excluding hydrogens is 155 g/mol. The van der Waals surface area contributed by atoms with Crippen LogP contribution in [-0.4, -0.2) is 7.05 Å². The van der Waals surface area contributed by atoms with Crippen molar-refractivity contribution in [2.24, 2.45) is 5.73 Å². The number of rotatable bonds is 0. The fraction of sp³-hybridized carbons (Fsp3) is 0.143. The first-order valence-electron chi connectivity index (χ1n) is 2.89. The topological polar surface area (TPSA) is 26.0 Å². The average Bonchev–Trinajstić information content (AvgIpc) is 2.04. The number of hydrogen-bond donors (Lipinski definition) is 1. The summed E-state index contributed by atoms with van der Waals surface area (Å²) in [6.07, 6.45) is 0. The number of halogens is 3. The number of benzene rings is 1. The first-order chi connectivity index (χ1) is 5.22. The van der Waals surface area contributed by atoms with Gasteiger partial charge in [-0.15, -0.1) is 0 Å². The molecule has 4 heteroatoms. The largest absolute Gasteiger partial charge is 0.333 e. The van der Waals surface area contributed by atoms with E-state index >= 15 is 0 Å². The van der Waals surface area contributed by atoms with Crippen molar-refractivity contribution in [1.82, 2.24) is 0 Å². The summed E-state index contributed by atoms with van der Waals surface area (Å²) in [7, 11) is 1.50. The van der Waals surface area contributed by atoms with Gasteiger partial charge in [-0.1, -0.05) is 6.07 Å². The van der Waals surface area contributed by atoms with Crippen molar-refractivity contribution in [3.63, 3.8) is 0 Å². The van der Waals surface area contributed by atoms with E-state index in [9.17, 15) is 13.2 Å². The molecule has 0 amide bonds. The standard InChI is InChI=1S/C6H3F3.CH5N/c7-4-2-1-3-5(8)6(4)9;1-2/h1-3H;2H2,1H3. The van der Waals surface area contributed by atoms with Crippen molar-refractivity contribution in [2.45, 2.75) is 0 Å². The van der Waals surface area contributed by atoms with Crippen LogP contribution < -0.4 is 5.73 Å². The van der Waals surface area contributed by atoms with Crippen LogP contribution in [0.25, 0.3) is 0 Å². The van der Waals surface area contributed by atoms with Crippen molar-refractivity contribution in [3.05, 3.63) is 35.7 Å². The highest BCUT2D eigenvalue weighted by Gasteiger charge is 2.04. The molecule has 0 aliphatic carbocycles. The first kappa shape index (κ1) is 9.97. The van der Waals surface area contributed by atoms with E-state index in [1.165, 1.54) is 7.05 Å². The minimum atomic E-state index is -1.42. The summed E-state index contributed by atoms with van der Waals surface area (Å²) in [4.78, 5) is 0. The molecule has 11 heavy (non-hydrogen) atoms. The molecule has 0 saturated heterocycles. The predicted octanol–water partition coefficient (Wildman–Crippen LogP) is 1.68. The first-order valence-corrected chi connectivity index (χ1v) is 2.89. The SMILES string of the molecule is CN.Fc1cccc(F)c1F. The summed E-state index contributed by atoms with van der Waals surface area (Å²) in [5, 5.41) is 0. The molecule has 0 fully saturated rings. The van der Waals surface area contributed by atoms with Gasteiger partial charge in [-0.3, -0.25) is 0 Å². The smallest absolute Gasteiger partial charge is 0.194 e. The zero-order valence-electron chi connectivity index (χ0n) is 5.94. The quantitative estimate of drug-likeness (QED) is 0.578. The van der Waals surface area contributed by atoms with Gasteiger partial charge in [0.15, 0.2) is 17.5 Å². The summed E-state index contributed by atoms with van der Waals surface area (Å²) < 4.78 is 35.9. The third kappa shape index (κ3) is 2.59. The zero-order chi connectivity index (χ0) is 8.85. The Bertz CT molecular complexity index is 205. The molecule has 0 aliphatic heterocycles. The van der Waals surface area contributed by atoms with Crippen molar-refractivity contribution in [3.8, 4) is 0 Å². The lowest BCUT2D eigenvalue weighted by molar-refractivity contribution is 0.447. The highest BCUT2D eigenvalue weighted by atomic mass is 19.2. The maximum atomic E-state index is 12.0. The molecule has 0 radical (unpaired) electrons. The molecule has 0 atom stereocenters. The molecule has 2 N–H and O–H groups in total. The lowest BCUT2D eigenvalue weighted by atomic mass is 10.3. The van der Waals surface area contributed by atoms with Crippen LogP contribution in [0, 0.1) is 17.5 Å². The summed E-state index contributed by atoms with van der Waals surface area (Å²) in [5.74, 6) is -3.73. The van der Waals surface area contributed by atoms with Crippen molar-refractivity contribution in [1.29, 1.82) is 0 Å². The fourth-order valence-electron chi connectivity index (χ4n) is 0.477. The van der Waals surface area contributed by atoms with E-state index < -0.39 is 17.5 Å². The monoisotopic (exact) mass is 163 g/mol. The second-order valence-corrected chi connectivity index (χ2v) is 1.54. The molecule has 1 rings (SSSR count). The summed E-state index contributed by atoms with van der Waals surface area (Å²) in [5.41, 5.74) is 4.50. The van der Waals surface area contributed by atoms with Crippen molar-refractivity contribution < 1.29 is 13.2 Å². The highest BCUT2D eigenvalue weighted by molar-refractivity contribution is 5.07. The molecule has 1 aromatic rings. The maximum absolute atomic E-state index is 12.0. The van der Waals surface area contributed by atoms with Gasteiger partial charge in [-0.2, -0.15) is 0 Å². The predicted molar refractivity (Wildman–Crippen MR) is 36.4 cm³/mol. The van der Waals surface area contributed by atoms with E-state index in [1.54, 1.807) is 0 Å². The summed E-state index contributed by atoms with van der Waals surface area (Å²) >= 11 is 0. The van der Waals surface area contributed by atoms with Crippen LogP contribution in [0.3, 0.4) is 0 Å². The Morgan fingerprint density at radius 3 is 1.64 bits per heavy atom. The van der Waals surface area contributed by atoms with Crippen LogP contribution in [-0.2, 0) is 0 Å². The third-order valence-corrected chi connectivity index (χ3v) is 0.904. The second-order valence-electron chi connectivity index (χ2n) is 1.54. The van der Waals surface area contributed by atoms with Gasteiger partial charge in [0.05, 0.1) is 0 Å². The van der Waals surface area contributed by atoms with Gasteiger partial charge >= 0.3 is 0 Å². The Hall–Kier alpha value is -1.03. The Morgan fingerprint density at radius 1 is 1.00 bits per heavy atom. The van der Waals surface area contributed by atoms with E-state index in [2.05, 4.69) is 5.73 Å². The maximum Gasteiger partial charge on any atom is 0.194 e. The molecule has 1 aromatic carbocycles. The molecule has 0 spiro atoms. The van der Waals surface area contributed by atoms with Crippen LogP contribution in [0.5, 0.6) is 0 Å². The van der Waals surface area contributed by atoms with Gasteiger partial charge < -0.3 is 5.73 Å². The molecule has 62 valence electrons. The summed E-state index contributed by atoms with van der Waals surface area (Å²) in [6, 6.07) is 2.82. The molecule has 0 heterocycles. The lowest BCUT2D eigenvalue weighted by Crippen LogP contribution is -1.86. The molecule has 0 aliphatic rings. The van der Waals surface area contributed by atoms with Crippen LogP contribution >= 0.6 is 0 Å². The van der Waals surface area contributed by atoms with Gasteiger partial charge in [0.2, 0.25) is 0 Å². The van der Waals surface area contributed by atoms with Gasteiger partial charge in [0.25, 0.3) is 0 Å². The molecule has 1 nitrogen and oxygen atoms in total. The third-order valence-electron chi connectivity index (χ3n) is 0.904. The Kier molecular flexibility index (Phi) is 4.29. The van der Waals surface area contributed by atoms with Gasteiger partial charge in [0, 0.05) is 0 Å². The van der Waals surface area contributed by atoms with E-state index in [0.717, 1.165) is 18.2 Å². The molecular formula is C7H8F3N. The lowest BCUT2D eigenvalue weighted by Gasteiger charge is -1.90. The van der Waals surface area contributed by atoms with E-state index in [0.29, 0.717) is 0 Å². The van der Waals surface area contributed by atoms with E-state index in [4.69, 9.17) is 0 Å². The molecule has 0 saturated carbocycles. The molecule has 0 bridgehead atoms. The highest BCUT2D eigenvalue weighted by Crippen LogP contribution is 2.07. The van der Waals surface area contributed by atoms with Gasteiger partial charge in [-0.05, 0) is 19.2 Å². The van der Waals surface area contributed by atoms with E-state index in [-0.39, 0.29) is 0 Å². The Morgan fingerprint density at radius 2 is 1.36 bits per heavy atom. The fourth-order valence-corrected chi connectivity index (χ4v) is 0.477. The van der Waals surface area contributed by atoms with Crippen molar-refractivity contribution >= 4 is 0 Å². The number of hydrogen-bond acceptors (Lipinski definition) is 1. The Balaban J connectivity index is 0.000000461. The normalized spacial score (nSPS) is 8.45. The van der Waals surface area contributed by atoms with E-state index in [1.807, 2.05) is 0 Å². The van der Waals surface area contributed by atoms with Crippen LogP contribution in [0.15, 0.2) is 18.2 Å². The minimum Gasteiger partial charge on any atom is -0.333 e. The molecule has 0 unspecified atom stereocenters. The molecule has 0 aromatic heterocycles. The Labute approximate surface area is 62.6 Å². The minimum absolute atomic E-state index is 0.860. The summed E-state index contributed by atoms with van der Waals surface area (Å²) in [6.45, 7) is 0. The van der Waals surface area contributed by atoms with Crippen LogP contribution in [0.4, 0.5) is 13.2 Å². The number of nitrogens with two attached hydrogens (primary N) is 1. The van der Waals surface area contributed by atoms with Gasteiger partial charge in [-0.25, -0.2) is 13.2 Å². The van der Waals surface area contributed by atoms with Crippen molar-refractivity contribution in [2.75, 3.05) is 7.05 Å². The van der Waals surface area contributed by atoms with Crippen LogP contribution in [0.1, 0.15) is 0 Å². The zero-order valence-corrected chi connectivity index (χ0v) is 5.94. The van der Waals surface area contributed by atoms with Gasteiger partial charge in [0.1, 0.15) is 0 Å². The van der Waals surface area contributed by atoms with Crippen LogP contribution in [0.2, 0.25) is 0 Å². The average molecular weight is 163 g/mol.